The Morgan fingerprint density at radius 3 is 2.24 bits per heavy atom. The summed E-state index contributed by atoms with van der Waals surface area (Å²) in [6.45, 7) is 11.2. The van der Waals surface area contributed by atoms with E-state index in [1.54, 1.807) is 0 Å². The quantitative estimate of drug-likeness (QED) is 0.828. The highest BCUT2D eigenvalue weighted by Crippen LogP contribution is 2.32. The van der Waals surface area contributed by atoms with Crippen molar-refractivity contribution in [2.75, 3.05) is 0 Å². The lowest BCUT2D eigenvalue weighted by atomic mass is 9.80. The molecule has 2 nitrogen and oxygen atoms in total. The number of ether oxygens (including phenoxy) is 1. The van der Waals surface area contributed by atoms with Gasteiger partial charge in [0.25, 0.3) is 0 Å². The van der Waals surface area contributed by atoms with Crippen molar-refractivity contribution in [3.05, 3.63) is 29.8 Å². The number of benzene rings is 1. The summed E-state index contributed by atoms with van der Waals surface area (Å²) in [5, 5.41) is 3.83. The molecule has 1 fully saturated rings. The van der Waals surface area contributed by atoms with Gasteiger partial charge >= 0.3 is 0 Å². The van der Waals surface area contributed by atoms with Crippen molar-refractivity contribution in [2.45, 2.75) is 72.1 Å². The van der Waals surface area contributed by atoms with Crippen LogP contribution in [0, 0.1) is 11.8 Å². The molecule has 3 atom stereocenters. The molecule has 1 aromatic carbocycles. The zero-order valence-electron chi connectivity index (χ0n) is 14.2. The second-order valence-corrected chi connectivity index (χ2v) is 7.21. The molecule has 0 bridgehead atoms. The zero-order valence-corrected chi connectivity index (χ0v) is 14.2. The molecule has 0 saturated heterocycles. The average Bonchev–Trinajstić information content (AvgIpc) is 2.37. The van der Waals surface area contributed by atoms with Crippen LogP contribution in [0.1, 0.15) is 65.5 Å². The van der Waals surface area contributed by atoms with Crippen molar-refractivity contribution < 1.29 is 4.74 Å². The highest BCUT2D eigenvalue weighted by atomic mass is 16.5. The molecule has 21 heavy (non-hydrogen) atoms. The maximum Gasteiger partial charge on any atom is 0.124 e. The van der Waals surface area contributed by atoms with Crippen molar-refractivity contribution in [3.63, 3.8) is 0 Å². The Kier molecular flexibility index (Phi) is 5.69. The van der Waals surface area contributed by atoms with E-state index in [-0.39, 0.29) is 6.10 Å². The van der Waals surface area contributed by atoms with Crippen molar-refractivity contribution in [3.8, 4) is 5.75 Å². The third-order valence-electron chi connectivity index (χ3n) is 4.41. The van der Waals surface area contributed by atoms with Crippen LogP contribution in [-0.2, 0) is 0 Å². The molecular weight excluding hydrogens is 258 g/mol. The fraction of sp³-hybridized carbons (Fsp3) is 0.684. The minimum absolute atomic E-state index is 0.216. The standard InChI is InChI=1S/C19H31NO/c1-13(2)21-19-9-7-6-8-18(19)16(5)20-17-11-14(3)10-15(4)12-17/h6-9,13-17,20H,10-12H2,1-5H3. The maximum atomic E-state index is 5.96. The molecule has 0 heterocycles. The molecule has 0 spiro atoms. The van der Waals surface area contributed by atoms with Gasteiger partial charge in [-0.15, -0.1) is 0 Å². The number of hydrogen-bond donors (Lipinski definition) is 1. The van der Waals surface area contributed by atoms with E-state index in [0.29, 0.717) is 12.1 Å². The molecular formula is C19H31NO. The van der Waals surface area contributed by atoms with Gasteiger partial charge in [-0.3, -0.25) is 0 Å². The summed E-state index contributed by atoms with van der Waals surface area (Å²) < 4.78 is 5.96. The molecule has 1 aromatic rings. The Labute approximate surface area is 130 Å². The van der Waals surface area contributed by atoms with Gasteiger partial charge in [0, 0.05) is 17.6 Å². The number of nitrogens with one attached hydrogen (secondary N) is 1. The van der Waals surface area contributed by atoms with E-state index in [4.69, 9.17) is 4.74 Å². The molecule has 2 rings (SSSR count). The Morgan fingerprint density at radius 1 is 1.00 bits per heavy atom. The largest absolute Gasteiger partial charge is 0.491 e. The summed E-state index contributed by atoms with van der Waals surface area (Å²) in [5.74, 6) is 2.69. The van der Waals surface area contributed by atoms with Gasteiger partial charge in [-0.05, 0) is 57.9 Å². The van der Waals surface area contributed by atoms with Crippen molar-refractivity contribution in [1.82, 2.24) is 5.32 Å². The first-order valence-corrected chi connectivity index (χ1v) is 8.47. The molecule has 0 amide bonds. The van der Waals surface area contributed by atoms with Crippen LogP contribution in [0.25, 0.3) is 0 Å². The molecule has 2 heteroatoms. The van der Waals surface area contributed by atoms with Gasteiger partial charge in [0.2, 0.25) is 0 Å². The van der Waals surface area contributed by atoms with Crippen LogP contribution in [0.5, 0.6) is 5.75 Å². The highest BCUT2D eigenvalue weighted by Gasteiger charge is 2.25. The number of rotatable bonds is 5. The van der Waals surface area contributed by atoms with Gasteiger partial charge in [0.15, 0.2) is 0 Å². The fourth-order valence-corrected chi connectivity index (χ4v) is 3.73. The Morgan fingerprint density at radius 2 is 1.62 bits per heavy atom. The molecule has 0 aromatic heterocycles. The number of para-hydroxylation sites is 1. The first kappa shape index (κ1) is 16.4. The second kappa shape index (κ2) is 7.31. The van der Waals surface area contributed by atoms with E-state index >= 15 is 0 Å². The molecule has 3 unspecified atom stereocenters. The summed E-state index contributed by atoms with van der Waals surface area (Å²) in [6.07, 6.45) is 4.18. The van der Waals surface area contributed by atoms with Crippen molar-refractivity contribution >= 4 is 0 Å². The average molecular weight is 289 g/mol. The van der Waals surface area contributed by atoms with Crippen LogP contribution in [0.15, 0.2) is 24.3 Å². The van der Waals surface area contributed by atoms with Gasteiger partial charge < -0.3 is 10.1 Å². The summed E-state index contributed by atoms with van der Waals surface area (Å²) in [7, 11) is 0. The van der Waals surface area contributed by atoms with Crippen LogP contribution >= 0.6 is 0 Å². The van der Waals surface area contributed by atoms with Gasteiger partial charge in [0.1, 0.15) is 5.75 Å². The van der Waals surface area contributed by atoms with Crippen LogP contribution < -0.4 is 10.1 Å². The SMILES string of the molecule is CC1CC(C)CC(NC(C)c2ccccc2OC(C)C)C1. The summed E-state index contributed by atoms with van der Waals surface area (Å²) in [5.41, 5.74) is 1.28. The first-order chi connectivity index (χ1) is 9.95. The smallest absolute Gasteiger partial charge is 0.124 e. The molecule has 1 aliphatic carbocycles. The van der Waals surface area contributed by atoms with Crippen LogP contribution in [0.3, 0.4) is 0 Å². The lowest BCUT2D eigenvalue weighted by molar-refractivity contribution is 0.220. The molecule has 1 aliphatic rings. The number of hydrogen-bond acceptors (Lipinski definition) is 2. The Bertz CT molecular complexity index is 433. The summed E-state index contributed by atoms with van der Waals surface area (Å²) in [4.78, 5) is 0. The Hall–Kier alpha value is -1.02. The third kappa shape index (κ3) is 4.74. The van der Waals surface area contributed by atoms with E-state index in [0.717, 1.165) is 17.6 Å². The Balaban J connectivity index is 2.04. The molecule has 1 N–H and O–H groups in total. The monoisotopic (exact) mass is 289 g/mol. The zero-order chi connectivity index (χ0) is 15.4. The summed E-state index contributed by atoms with van der Waals surface area (Å²) >= 11 is 0. The minimum atomic E-state index is 0.216. The van der Waals surface area contributed by atoms with Gasteiger partial charge in [-0.2, -0.15) is 0 Å². The van der Waals surface area contributed by atoms with E-state index in [1.165, 1.54) is 24.8 Å². The fourth-order valence-electron chi connectivity index (χ4n) is 3.73. The van der Waals surface area contributed by atoms with E-state index in [2.05, 4.69) is 64.2 Å². The van der Waals surface area contributed by atoms with Crippen LogP contribution in [-0.4, -0.2) is 12.1 Å². The predicted octanol–water partition coefficient (Wildman–Crippen LogP) is 4.95. The minimum Gasteiger partial charge on any atom is -0.491 e. The van der Waals surface area contributed by atoms with E-state index in [9.17, 15) is 0 Å². The summed E-state index contributed by atoms with van der Waals surface area (Å²) in [6, 6.07) is 9.39. The van der Waals surface area contributed by atoms with Gasteiger partial charge in [0.05, 0.1) is 6.10 Å². The molecule has 0 radical (unpaired) electrons. The first-order valence-electron chi connectivity index (χ1n) is 8.47. The van der Waals surface area contributed by atoms with Crippen molar-refractivity contribution in [1.29, 1.82) is 0 Å². The lowest BCUT2D eigenvalue weighted by Crippen LogP contribution is -2.37. The molecule has 0 aliphatic heterocycles. The van der Waals surface area contributed by atoms with E-state index < -0.39 is 0 Å². The third-order valence-corrected chi connectivity index (χ3v) is 4.41. The second-order valence-electron chi connectivity index (χ2n) is 7.21. The van der Waals surface area contributed by atoms with E-state index in [1.807, 2.05) is 0 Å². The van der Waals surface area contributed by atoms with Crippen LogP contribution in [0.2, 0.25) is 0 Å². The predicted molar refractivity (Wildman–Crippen MR) is 89.7 cm³/mol. The normalized spacial score (nSPS) is 27.6. The van der Waals surface area contributed by atoms with Crippen molar-refractivity contribution in [2.24, 2.45) is 11.8 Å². The maximum absolute atomic E-state index is 5.96. The molecule has 118 valence electrons. The van der Waals surface area contributed by atoms with Gasteiger partial charge in [-0.25, -0.2) is 0 Å². The lowest BCUT2D eigenvalue weighted by Gasteiger charge is -2.34. The molecule has 1 saturated carbocycles. The highest BCUT2D eigenvalue weighted by molar-refractivity contribution is 5.35. The topological polar surface area (TPSA) is 21.3 Å². The van der Waals surface area contributed by atoms with Gasteiger partial charge in [-0.1, -0.05) is 32.0 Å². The van der Waals surface area contributed by atoms with Crippen LogP contribution in [0.4, 0.5) is 0 Å².